The van der Waals surface area contributed by atoms with Crippen LogP contribution in [0.4, 0.5) is 5.69 Å². The molecule has 40 heavy (non-hydrogen) atoms. The topological polar surface area (TPSA) is 177 Å². The van der Waals surface area contributed by atoms with Gasteiger partial charge in [0, 0.05) is 43.9 Å². The molecule has 0 heterocycles. The maximum absolute atomic E-state index is 14.0. The molecule has 0 saturated heterocycles. The minimum absolute atomic E-state index is 0.0561. The number of ketones is 2. The number of phenolic OH excluding ortho intramolecular Hbond substituents is 1. The van der Waals surface area contributed by atoms with E-state index in [-0.39, 0.29) is 29.7 Å². The molecule has 2 fully saturated rings. The van der Waals surface area contributed by atoms with Crippen molar-refractivity contribution in [1.29, 1.82) is 0 Å². The predicted octanol–water partition coefficient (Wildman–Crippen LogP) is 0.918. The number of aliphatic hydroxyl groups excluding tert-OH is 2. The molecule has 1 aromatic rings. The molecular weight excluding hydrogens is 516 g/mol. The van der Waals surface area contributed by atoms with Gasteiger partial charge in [-0.05, 0) is 75.7 Å². The van der Waals surface area contributed by atoms with Crippen molar-refractivity contribution >= 4 is 28.9 Å². The number of primary amides is 1. The molecule has 4 aliphatic rings. The number of nitrogens with two attached hydrogens (primary N) is 1. The monoisotopic (exact) mass is 554 g/mol. The standard InChI is InChI=1S/C29H38N4O7/c1-12(13-6-7-13)31-11-15-10-18(34)20-16(22(15)32(2)3)8-14-9-17-23(33(4)5)25(36)21(28(30)39)27(38)29(17,40)26(37)19(14)24(20)35/h10,12-14,17,23,31,34-35,38,40H,6-9,11H2,1-5H3,(H2,30,39)/t12-,14+,17+,23+,29+/m1/s1. The summed E-state index contributed by atoms with van der Waals surface area (Å²) in [4.78, 5) is 42.8. The zero-order chi connectivity index (χ0) is 29.4. The maximum Gasteiger partial charge on any atom is 0.255 e. The second kappa shape index (κ2) is 9.60. The number of anilines is 1. The number of hydrogen-bond donors (Lipinski definition) is 6. The molecule has 11 heteroatoms. The first-order valence-electron chi connectivity index (χ1n) is 13.6. The van der Waals surface area contributed by atoms with E-state index in [0.717, 1.165) is 11.3 Å². The number of fused-ring (bicyclic) bond motifs is 3. The number of carbonyl (C=O) groups is 3. The highest BCUT2D eigenvalue weighted by atomic mass is 16.3. The van der Waals surface area contributed by atoms with E-state index in [2.05, 4.69) is 12.2 Å². The fourth-order valence-corrected chi connectivity index (χ4v) is 7.09. The Balaban J connectivity index is 1.66. The fourth-order valence-electron chi connectivity index (χ4n) is 7.09. The number of hydrogen-bond acceptors (Lipinski definition) is 10. The van der Waals surface area contributed by atoms with Crippen LogP contribution in [0.25, 0.3) is 5.76 Å². The summed E-state index contributed by atoms with van der Waals surface area (Å²) in [6.07, 6.45) is 2.69. The smallest absolute Gasteiger partial charge is 0.255 e. The number of rotatable bonds is 7. The van der Waals surface area contributed by atoms with Crippen LogP contribution in [0.2, 0.25) is 0 Å². The predicted molar refractivity (Wildman–Crippen MR) is 148 cm³/mol. The number of amides is 1. The highest BCUT2D eigenvalue weighted by Gasteiger charge is 2.64. The number of Topliss-reactive ketones (excluding diaryl/α,β-unsaturated/α-hetero) is 2. The summed E-state index contributed by atoms with van der Waals surface area (Å²) in [5.74, 6) is -5.90. The van der Waals surface area contributed by atoms with Crippen LogP contribution in [0.15, 0.2) is 23.0 Å². The van der Waals surface area contributed by atoms with Crippen LogP contribution in [0, 0.1) is 17.8 Å². The third-order valence-corrected chi connectivity index (χ3v) is 9.16. The minimum Gasteiger partial charge on any atom is -0.508 e. The van der Waals surface area contributed by atoms with Crippen LogP contribution >= 0.6 is 0 Å². The Morgan fingerprint density at radius 1 is 1.18 bits per heavy atom. The average molecular weight is 555 g/mol. The molecule has 5 atom stereocenters. The molecule has 2 saturated carbocycles. The van der Waals surface area contributed by atoms with Gasteiger partial charge in [-0.2, -0.15) is 0 Å². The van der Waals surface area contributed by atoms with Gasteiger partial charge in [0.15, 0.2) is 11.4 Å². The van der Waals surface area contributed by atoms with Crippen molar-refractivity contribution < 1.29 is 34.8 Å². The van der Waals surface area contributed by atoms with E-state index in [1.165, 1.54) is 17.7 Å². The van der Waals surface area contributed by atoms with Crippen LogP contribution in [0.1, 0.15) is 42.9 Å². The Bertz CT molecular complexity index is 1380. The van der Waals surface area contributed by atoms with Gasteiger partial charge in [0.1, 0.15) is 22.8 Å². The molecular formula is C29H38N4O7. The van der Waals surface area contributed by atoms with Gasteiger partial charge in [0.05, 0.1) is 11.6 Å². The molecule has 0 bridgehead atoms. The molecule has 11 nitrogen and oxygen atoms in total. The third-order valence-electron chi connectivity index (χ3n) is 9.16. The van der Waals surface area contributed by atoms with Crippen molar-refractivity contribution in [3.8, 4) is 5.75 Å². The quantitative estimate of drug-likeness (QED) is 0.266. The summed E-state index contributed by atoms with van der Waals surface area (Å²) in [6.45, 7) is 2.64. The summed E-state index contributed by atoms with van der Waals surface area (Å²) in [7, 11) is 6.91. The summed E-state index contributed by atoms with van der Waals surface area (Å²) in [6, 6.07) is 0.783. The summed E-state index contributed by atoms with van der Waals surface area (Å²) in [5, 5.41) is 48.8. The first-order valence-corrected chi connectivity index (χ1v) is 13.6. The SMILES string of the molecule is C[C@@H](NCc1cc(O)c2c(c1N(C)C)C[C@H]1C[C@H]3[C@H](N(C)C)C(=O)C(C(N)=O)=C(O)[C@@]3(O)C(=O)C1=C2O)C1CC1. The molecule has 0 radical (unpaired) electrons. The Morgan fingerprint density at radius 3 is 2.38 bits per heavy atom. The zero-order valence-electron chi connectivity index (χ0n) is 23.5. The van der Waals surface area contributed by atoms with Crippen LogP contribution < -0.4 is 16.0 Å². The highest BCUT2D eigenvalue weighted by molar-refractivity contribution is 6.24. The normalized spacial score (nSPS) is 28.8. The number of phenols is 1. The van der Waals surface area contributed by atoms with Crippen molar-refractivity contribution in [2.45, 2.75) is 56.8 Å². The third kappa shape index (κ3) is 4.02. The highest BCUT2D eigenvalue weighted by Crippen LogP contribution is 2.54. The lowest BCUT2D eigenvalue weighted by Crippen LogP contribution is -2.65. The second-order valence-electron chi connectivity index (χ2n) is 12.1. The van der Waals surface area contributed by atoms with Crippen molar-refractivity contribution in [2.24, 2.45) is 23.5 Å². The van der Waals surface area contributed by atoms with Gasteiger partial charge in [-0.25, -0.2) is 0 Å². The van der Waals surface area contributed by atoms with Gasteiger partial charge >= 0.3 is 0 Å². The van der Waals surface area contributed by atoms with Crippen molar-refractivity contribution in [3.05, 3.63) is 39.7 Å². The summed E-state index contributed by atoms with van der Waals surface area (Å²) in [5.41, 5.74) is 4.17. The van der Waals surface area contributed by atoms with Crippen LogP contribution in [-0.2, 0) is 27.3 Å². The van der Waals surface area contributed by atoms with Gasteiger partial charge < -0.3 is 36.4 Å². The lowest BCUT2D eigenvalue weighted by atomic mass is 9.57. The van der Waals surface area contributed by atoms with E-state index in [0.29, 0.717) is 24.1 Å². The van der Waals surface area contributed by atoms with Crippen LogP contribution in [-0.4, -0.2) is 88.7 Å². The van der Waals surface area contributed by atoms with Crippen molar-refractivity contribution in [2.75, 3.05) is 33.1 Å². The maximum atomic E-state index is 14.0. The summed E-state index contributed by atoms with van der Waals surface area (Å²) < 4.78 is 0. The lowest BCUT2D eigenvalue weighted by molar-refractivity contribution is -0.153. The van der Waals surface area contributed by atoms with Gasteiger partial charge in [0.2, 0.25) is 5.78 Å². The van der Waals surface area contributed by atoms with Gasteiger partial charge in [-0.15, -0.1) is 0 Å². The number of nitrogens with zero attached hydrogens (tertiary/aromatic N) is 2. The van der Waals surface area contributed by atoms with E-state index in [4.69, 9.17) is 5.73 Å². The van der Waals surface area contributed by atoms with Crippen LogP contribution in [0.3, 0.4) is 0 Å². The lowest BCUT2D eigenvalue weighted by Gasteiger charge is -2.50. The molecule has 0 aromatic heterocycles. The molecule has 7 N–H and O–H groups in total. The minimum atomic E-state index is -2.65. The van der Waals surface area contributed by atoms with E-state index in [1.807, 2.05) is 19.0 Å². The average Bonchev–Trinajstić information content (AvgIpc) is 3.69. The Morgan fingerprint density at radius 2 is 1.82 bits per heavy atom. The molecule has 1 aromatic carbocycles. The Hall–Kier alpha value is -3.41. The number of likely N-dealkylation sites (N-methyl/N-ethyl adjacent to an activating group) is 1. The second-order valence-corrected chi connectivity index (χ2v) is 12.1. The van der Waals surface area contributed by atoms with Gasteiger partial charge in [0.25, 0.3) is 5.91 Å². The Labute approximate surface area is 232 Å². The van der Waals surface area contributed by atoms with E-state index >= 15 is 0 Å². The molecule has 5 rings (SSSR count). The van der Waals surface area contributed by atoms with Gasteiger partial charge in [-0.1, -0.05) is 0 Å². The van der Waals surface area contributed by atoms with E-state index in [9.17, 15) is 34.8 Å². The zero-order valence-corrected chi connectivity index (χ0v) is 23.5. The van der Waals surface area contributed by atoms with Crippen molar-refractivity contribution in [1.82, 2.24) is 10.2 Å². The summed E-state index contributed by atoms with van der Waals surface area (Å²) >= 11 is 0. The molecule has 1 amide bonds. The molecule has 0 unspecified atom stereocenters. The first-order chi connectivity index (χ1) is 18.7. The number of carbonyl (C=O) groups excluding carboxylic acids is 3. The fraction of sp³-hybridized carbons (Fsp3) is 0.552. The van der Waals surface area contributed by atoms with E-state index in [1.54, 1.807) is 20.2 Å². The Kier molecular flexibility index (Phi) is 6.75. The molecule has 0 aliphatic heterocycles. The number of nitrogens with one attached hydrogen (secondary N) is 1. The van der Waals surface area contributed by atoms with Gasteiger partial charge in [-0.3, -0.25) is 19.3 Å². The number of aromatic hydroxyl groups is 1. The van der Waals surface area contributed by atoms with Crippen LogP contribution in [0.5, 0.6) is 5.75 Å². The molecule has 4 aliphatic carbocycles. The largest absolute Gasteiger partial charge is 0.508 e. The molecule has 0 spiro atoms. The van der Waals surface area contributed by atoms with E-state index < -0.39 is 58.0 Å². The number of benzene rings is 1. The first kappa shape index (κ1) is 28.1. The number of aliphatic hydroxyl groups is 3. The van der Waals surface area contributed by atoms with Crippen molar-refractivity contribution in [3.63, 3.8) is 0 Å². The molecule has 216 valence electrons.